The van der Waals surface area contributed by atoms with Crippen LogP contribution in [0.2, 0.25) is 0 Å². The Balaban J connectivity index is 3.27. The maximum absolute atomic E-state index is 13.1. The van der Waals surface area contributed by atoms with Crippen molar-refractivity contribution in [2.45, 2.75) is 12.8 Å². The highest BCUT2D eigenvalue weighted by molar-refractivity contribution is 5.88. The number of hydrogen-bond donors (Lipinski definition) is 2. The SMILES string of the molecule is CCOC(=O)C(N=N)=C(O)C(CN(C)C)c1ccc(F)cc1. The van der Waals surface area contributed by atoms with Gasteiger partial charge < -0.3 is 14.7 Å². The van der Waals surface area contributed by atoms with Crippen LogP contribution in [0.15, 0.2) is 40.8 Å². The monoisotopic (exact) mass is 309 g/mol. The number of halogens is 1. The van der Waals surface area contributed by atoms with Gasteiger partial charge in [-0.05, 0) is 38.7 Å². The van der Waals surface area contributed by atoms with Crippen molar-refractivity contribution in [3.05, 3.63) is 47.1 Å². The maximum Gasteiger partial charge on any atom is 0.362 e. The molecule has 6 nitrogen and oxygen atoms in total. The van der Waals surface area contributed by atoms with Crippen LogP contribution in [-0.2, 0) is 9.53 Å². The average Bonchev–Trinajstić information content (AvgIpc) is 2.46. The smallest absolute Gasteiger partial charge is 0.362 e. The highest BCUT2D eigenvalue weighted by Crippen LogP contribution is 2.27. The van der Waals surface area contributed by atoms with Crippen molar-refractivity contribution in [3.8, 4) is 0 Å². The molecule has 0 spiro atoms. The number of nitrogens with zero attached hydrogens (tertiary/aromatic N) is 2. The highest BCUT2D eigenvalue weighted by Gasteiger charge is 2.25. The Morgan fingerprint density at radius 3 is 2.45 bits per heavy atom. The van der Waals surface area contributed by atoms with Gasteiger partial charge in [-0.15, -0.1) is 5.11 Å². The molecule has 0 aliphatic carbocycles. The van der Waals surface area contributed by atoms with Crippen molar-refractivity contribution in [1.82, 2.24) is 4.90 Å². The quantitative estimate of drug-likeness (QED) is 0.351. The first kappa shape index (κ1) is 17.8. The summed E-state index contributed by atoms with van der Waals surface area (Å²) >= 11 is 0. The van der Waals surface area contributed by atoms with Gasteiger partial charge in [-0.25, -0.2) is 14.7 Å². The zero-order chi connectivity index (χ0) is 16.7. The number of nitrogens with one attached hydrogen (secondary N) is 1. The largest absolute Gasteiger partial charge is 0.509 e. The summed E-state index contributed by atoms with van der Waals surface area (Å²) in [4.78, 5) is 13.6. The molecule has 0 fully saturated rings. The summed E-state index contributed by atoms with van der Waals surface area (Å²) in [5, 5.41) is 13.5. The molecule has 1 atom stereocenters. The zero-order valence-electron chi connectivity index (χ0n) is 12.8. The van der Waals surface area contributed by atoms with Gasteiger partial charge in [0.2, 0.25) is 5.70 Å². The molecule has 0 bridgehead atoms. The predicted octanol–water partition coefficient (Wildman–Crippen LogP) is 2.83. The van der Waals surface area contributed by atoms with E-state index >= 15 is 0 Å². The lowest BCUT2D eigenvalue weighted by atomic mass is 9.95. The van der Waals surface area contributed by atoms with Crippen molar-refractivity contribution >= 4 is 5.97 Å². The number of rotatable bonds is 7. The van der Waals surface area contributed by atoms with Crippen molar-refractivity contribution in [2.75, 3.05) is 27.2 Å². The molecule has 2 N–H and O–H groups in total. The molecule has 1 unspecified atom stereocenters. The zero-order valence-corrected chi connectivity index (χ0v) is 12.8. The fourth-order valence-corrected chi connectivity index (χ4v) is 1.98. The number of esters is 1. The molecule has 22 heavy (non-hydrogen) atoms. The first-order valence-electron chi connectivity index (χ1n) is 6.78. The number of hydrogen-bond acceptors (Lipinski definition) is 6. The van der Waals surface area contributed by atoms with Crippen LogP contribution in [-0.4, -0.2) is 43.2 Å². The molecule has 0 aliphatic heterocycles. The molecule has 0 aliphatic rings. The minimum Gasteiger partial charge on any atom is -0.509 e. The summed E-state index contributed by atoms with van der Waals surface area (Å²) < 4.78 is 17.8. The van der Waals surface area contributed by atoms with Crippen LogP contribution < -0.4 is 0 Å². The van der Waals surface area contributed by atoms with E-state index in [2.05, 4.69) is 5.11 Å². The molecule has 1 aromatic rings. The number of aliphatic hydroxyl groups excluding tert-OH is 1. The molecular formula is C15H20FN3O3. The third kappa shape index (κ3) is 4.63. The van der Waals surface area contributed by atoms with Crippen LogP contribution in [0.4, 0.5) is 4.39 Å². The van der Waals surface area contributed by atoms with Gasteiger partial charge in [0.25, 0.3) is 0 Å². The Morgan fingerprint density at radius 1 is 1.41 bits per heavy atom. The predicted molar refractivity (Wildman–Crippen MR) is 79.1 cm³/mol. The molecule has 7 heteroatoms. The molecule has 0 heterocycles. The van der Waals surface area contributed by atoms with Gasteiger partial charge in [0.15, 0.2) is 0 Å². The van der Waals surface area contributed by atoms with E-state index in [-0.39, 0.29) is 12.4 Å². The lowest BCUT2D eigenvalue weighted by molar-refractivity contribution is -0.138. The lowest BCUT2D eigenvalue weighted by Gasteiger charge is -2.21. The first-order valence-corrected chi connectivity index (χ1v) is 6.78. The second-order valence-corrected chi connectivity index (χ2v) is 4.93. The molecule has 0 radical (unpaired) electrons. The van der Waals surface area contributed by atoms with E-state index < -0.39 is 23.4 Å². The first-order chi connectivity index (χ1) is 10.4. The topological polar surface area (TPSA) is 86.0 Å². The third-order valence-electron chi connectivity index (χ3n) is 2.97. The summed E-state index contributed by atoms with van der Waals surface area (Å²) in [6, 6.07) is 5.58. The molecule has 0 amide bonds. The van der Waals surface area contributed by atoms with Crippen LogP contribution in [0.1, 0.15) is 18.4 Å². The molecule has 1 aromatic carbocycles. The summed E-state index contributed by atoms with van der Waals surface area (Å²) in [5.74, 6) is -2.25. The van der Waals surface area contributed by atoms with E-state index in [0.717, 1.165) is 0 Å². The lowest BCUT2D eigenvalue weighted by Crippen LogP contribution is -2.23. The van der Waals surface area contributed by atoms with E-state index in [1.807, 2.05) is 0 Å². The summed E-state index contributed by atoms with van der Waals surface area (Å²) in [5.41, 5.74) is 7.27. The summed E-state index contributed by atoms with van der Waals surface area (Å²) in [6.45, 7) is 2.09. The van der Waals surface area contributed by atoms with Gasteiger partial charge in [0, 0.05) is 6.54 Å². The van der Waals surface area contributed by atoms with Crippen LogP contribution >= 0.6 is 0 Å². The van der Waals surface area contributed by atoms with Crippen molar-refractivity contribution in [1.29, 1.82) is 5.53 Å². The number of carbonyl (C=O) groups is 1. The minimum absolute atomic E-state index is 0.111. The Kier molecular flexibility index (Phi) is 6.65. The number of carbonyl (C=O) groups excluding carboxylic acids is 1. The van der Waals surface area contributed by atoms with Gasteiger partial charge in [0.1, 0.15) is 11.6 Å². The second kappa shape index (κ2) is 8.23. The molecule has 1 rings (SSSR count). The summed E-state index contributed by atoms with van der Waals surface area (Å²) in [6.07, 6.45) is 0. The molecule has 0 aromatic heterocycles. The molecule has 120 valence electrons. The minimum atomic E-state index is -0.860. The fourth-order valence-electron chi connectivity index (χ4n) is 1.98. The standard InChI is InChI=1S/C15H20FN3O3/c1-4-22-15(21)13(18-17)14(20)12(9-19(2)3)10-5-7-11(16)8-6-10/h5-8,12,17,20H,4,9H2,1-3H3. The molecule has 0 saturated heterocycles. The van der Waals surface area contributed by atoms with Gasteiger partial charge in [-0.2, -0.15) is 0 Å². The van der Waals surface area contributed by atoms with Crippen molar-refractivity contribution in [2.24, 2.45) is 5.11 Å². The highest BCUT2D eigenvalue weighted by atomic mass is 19.1. The Morgan fingerprint density at radius 2 is 2.00 bits per heavy atom. The Labute approximate surface area is 128 Å². The molecule has 0 saturated carbocycles. The van der Waals surface area contributed by atoms with Gasteiger partial charge >= 0.3 is 5.97 Å². The van der Waals surface area contributed by atoms with Crippen molar-refractivity contribution < 1.29 is 19.0 Å². The maximum atomic E-state index is 13.1. The van der Waals surface area contributed by atoms with Gasteiger partial charge in [-0.3, -0.25) is 0 Å². The average molecular weight is 309 g/mol. The van der Waals surface area contributed by atoms with Gasteiger partial charge in [-0.1, -0.05) is 12.1 Å². The molecular weight excluding hydrogens is 289 g/mol. The number of aliphatic hydroxyl groups is 1. The van der Waals surface area contributed by atoms with E-state index in [4.69, 9.17) is 10.3 Å². The normalized spacial score (nSPS) is 13.5. The van der Waals surface area contributed by atoms with E-state index in [1.54, 1.807) is 25.9 Å². The summed E-state index contributed by atoms with van der Waals surface area (Å²) in [7, 11) is 3.59. The number of likely N-dealkylation sites (N-methyl/N-ethyl adjacent to an activating group) is 1. The Hall–Kier alpha value is -2.28. The number of ether oxygens (including phenoxy) is 1. The second-order valence-electron chi connectivity index (χ2n) is 4.93. The van der Waals surface area contributed by atoms with E-state index in [9.17, 15) is 14.3 Å². The van der Waals surface area contributed by atoms with Gasteiger partial charge in [0.05, 0.1) is 12.5 Å². The Bertz CT molecular complexity index is 556. The van der Waals surface area contributed by atoms with E-state index in [0.29, 0.717) is 12.1 Å². The van der Waals surface area contributed by atoms with Crippen LogP contribution in [0.5, 0.6) is 0 Å². The van der Waals surface area contributed by atoms with E-state index in [1.165, 1.54) is 24.3 Å². The number of benzene rings is 1. The van der Waals surface area contributed by atoms with Crippen LogP contribution in [0.25, 0.3) is 0 Å². The third-order valence-corrected chi connectivity index (χ3v) is 2.97. The fraction of sp³-hybridized carbons (Fsp3) is 0.400. The van der Waals surface area contributed by atoms with Crippen LogP contribution in [0.3, 0.4) is 0 Å². The van der Waals surface area contributed by atoms with Crippen molar-refractivity contribution in [3.63, 3.8) is 0 Å². The van der Waals surface area contributed by atoms with Crippen LogP contribution in [0, 0.1) is 11.3 Å².